The molecule has 2 rings (SSSR count). The fourth-order valence-corrected chi connectivity index (χ4v) is 2.20. The Balaban J connectivity index is 1.95. The SMILES string of the molecule is O=C([O-])CC/C(=N/NC(=O)CCc1ccccc1)c1ccccc1. The van der Waals surface area contributed by atoms with Gasteiger partial charge in [0.15, 0.2) is 0 Å². The molecule has 5 nitrogen and oxygen atoms in total. The van der Waals surface area contributed by atoms with E-state index in [9.17, 15) is 14.7 Å². The lowest BCUT2D eigenvalue weighted by atomic mass is 10.1. The lowest BCUT2D eigenvalue weighted by molar-refractivity contribution is -0.305. The number of hydrogen-bond acceptors (Lipinski definition) is 4. The Bertz CT molecular complexity index is 697. The van der Waals surface area contributed by atoms with E-state index in [0.29, 0.717) is 18.6 Å². The molecule has 0 aromatic heterocycles. The third-order valence-corrected chi connectivity index (χ3v) is 3.47. The highest BCUT2D eigenvalue weighted by Crippen LogP contribution is 2.07. The third kappa shape index (κ3) is 6.04. The second kappa shape index (κ2) is 9.25. The standard InChI is InChI=1S/C19H20N2O3/c22-18(13-11-15-7-3-1-4-8-15)21-20-17(12-14-19(23)24)16-9-5-2-6-10-16/h1-10H,11-14H2,(H,21,22)(H,23,24)/p-1/b20-17-. The van der Waals surface area contributed by atoms with E-state index in [1.807, 2.05) is 60.7 Å². The topological polar surface area (TPSA) is 81.6 Å². The number of hydrogen-bond donors (Lipinski definition) is 1. The molecule has 0 radical (unpaired) electrons. The zero-order valence-corrected chi connectivity index (χ0v) is 13.3. The van der Waals surface area contributed by atoms with E-state index in [0.717, 1.165) is 11.1 Å². The molecule has 0 atom stereocenters. The van der Waals surface area contributed by atoms with Crippen LogP contribution in [0.15, 0.2) is 65.8 Å². The quantitative estimate of drug-likeness (QED) is 0.592. The average molecular weight is 323 g/mol. The van der Waals surface area contributed by atoms with E-state index in [1.54, 1.807) is 0 Å². The molecule has 5 heteroatoms. The summed E-state index contributed by atoms with van der Waals surface area (Å²) in [6.07, 6.45) is 0.997. The normalized spacial score (nSPS) is 11.1. The summed E-state index contributed by atoms with van der Waals surface area (Å²) in [6, 6.07) is 18.9. The van der Waals surface area contributed by atoms with Crippen molar-refractivity contribution in [3.05, 3.63) is 71.8 Å². The van der Waals surface area contributed by atoms with Gasteiger partial charge in [-0.1, -0.05) is 60.7 Å². The van der Waals surface area contributed by atoms with Gasteiger partial charge in [-0.05, 0) is 30.4 Å². The van der Waals surface area contributed by atoms with Crippen molar-refractivity contribution in [2.75, 3.05) is 0 Å². The Morgan fingerprint density at radius 2 is 1.50 bits per heavy atom. The number of benzene rings is 2. The summed E-state index contributed by atoms with van der Waals surface area (Å²) in [5.74, 6) is -1.35. The van der Waals surface area contributed by atoms with Crippen molar-refractivity contribution in [3.63, 3.8) is 0 Å². The van der Waals surface area contributed by atoms with Crippen LogP contribution in [0.5, 0.6) is 0 Å². The van der Waals surface area contributed by atoms with Crippen LogP contribution in [0, 0.1) is 0 Å². The first kappa shape index (κ1) is 17.4. The van der Waals surface area contributed by atoms with Crippen LogP contribution in [0.1, 0.15) is 30.4 Å². The van der Waals surface area contributed by atoms with E-state index >= 15 is 0 Å². The molecule has 0 aliphatic carbocycles. The maximum atomic E-state index is 11.9. The molecule has 2 aromatic carbocycles. The summed E-state index contributed by atoms with van der Waals surface area (Å²) < 4.78 is 0. The molecule has 0 aliphatic rings. The maximum absolute atomic E-state index is 11.9. The van der Waals surface area contributed by atoms with Crippen molar-refractivity contribution in [1.82, 2.24) is 5.43 Å². The Hall–Kier alpha value is -2.95. The van der Waals surface area contributed by atoms with Crippen molar-refractivity contribution in [2.45, 2.75) is 25.7 Å². The van der Waals surface area contributed by atoms with Gasteiger partial charge in [-0.15, -0.1) is 0 Å². The molecule has 1 N–H and O–H groups in total. The number of aryl methyl sites for hydroxylation is 1. The molecule has 0 aliphatic heterocycles. The minimum Gasteiger partial charge on any atom is -0.550 e. The predicted molar refractivity (Wildman–Crippen MR) is 90.1 cm³/mol. The maximum Gasteiger partial charge on any atom is 0.240 e. The van der Waals surface area contributed by atoms with Gasteiger partial charge in [0.05, 0.1) is 5.71 Å². The van der Waals surface area contributed by atoms with Gasteiger partial charge in [0, 0.05) is 12.4 Å². The number of carbonyl (C=O) groups is 2. The Morgan fingerprint density at radius 3 is 2.12 bits per heavy atom. The summed E-state index contributed by atoms with van der Waals surface area (Å²) in [7, 11) is 0. The lowest BCUT2D eigenvalue weighted by Crippen LogP contribution is -2.24. The molecule has 0 bridgehead atoms. The number of rotatable bonds is 8. The summed E-state index contributed by atoms with van der Waals surface area (Å²) in [6.45, 7) is 0. The van der Waals surface area contributed by atoms with Crippen LogP contribution in [-0.4, -0.2) is 17.6 Å². The summed E-state index contributed by atoms with van der Waals surface area (Å²) in [5, 5.41) is 14.8. The van der Waals surface area contributed by atoms with Crippen molar-refractivity contribution in [2.24, 2.45) is 5.10 Å². The van der Waals surface area contributed by atoms with Crippen LogP contribution in [0.3, 0.4) is 0 Å². The number of hydrazone groups is 1. The molecule has 0 saturated heterocycles. The van der Waals surface area contributed by atoms with Gasteiger partial charge >= 0.3 is 0 Å². The summed E-state index contributed by atoms with van der Waals surface area (Å²) in [4.78, 5) is 22.6. The highest BCUT2D eigenvalue weighted by atomic mass is 16.4. The minimum atomic E-state index is -1.14. The molecule has 0 saturated carbocycles. The monoisotopic (exact) mass is 323 g/mol. The van der Waals surface area contributed by atoms with Crippen LogP contribution in [0.2, 0.25) is 0 Å². The first-order valence-electron chi connectivity index (χ1n) is 7.80. The Labute approximate surface area is 141 Å². The van der Waals surface area contributed by atoms with Gasteiger partial charge in [0.1, 0.15) is 0 Å². The van der Waals surface area contributed by atoms with Crippen LogP contribution in [-0.2, 0) is 16.0 Å². The number of nitrogens with zero attached hydrogens (tertiary/aromatic N) is 1. The number of aliphatic carboxylic acids is 1. The van der Waals surface area contributed by atoms with Gasteiger partial charge in [0.25, 0.3) is 0 Å². The first-order chi connectivity index (χ1) is 11.6. The van der Waals surface area contributed by atoms with Gasteiger partial charge in [-0.3, -0.25) is 4.79 Å². The number of carbonyl (C=O) groups excluding carboxylic acids is 2. The molecule has 0 spiro atoms. The molecular formula is C19H19N2O3-. The van der Waals surface area contributed by atoms with Crippen LogP contribution in [0.4, 0.5) is 0 Å². The van der Waals surface area contributed by atoms with Gasteiger partial charge < -0.3 is 9.90 Å². The molecule has 0 fully saturated rings. The fraction of sp³-hybridized carbons (Fsp3) is 0.211. The van der Waals surface area contributed by atoms with Crippen molar-refractivity contribution < 1.29 is 14.7 Å². The highest BCUT2D eigenvalue weighted by Gasteiger charge is 2.06. The number of carboxylic acids is 1. The van der Waals surface area contributed by atoms with E-state index in [4.69, 9.17) is 0 Å². The summed E-state index contributed by atoms with van der Waals surface area (Å²) in [5.41, 5.74) is 4.89. The summed E-state index contributed by atoms with van der Waals surface area (Å²) >= 11 is 0. The smallest absolute Gasteiger partial charge is 0.240 e. The zero-order valence-electron chi connectivity index (χ0n) is 13.3. The molecule has 2 aromatic rings. The molecule has 124 valence electrons. The Morgan fingerprint density at radius 1 is 0.875 bits per heavy atom. The Kier molecular flexibility index (Phi) is 6.71. The van der Waals surface area contributed by atoms with Gasteiger partial charge in [-0.2, -0.15) is 5.10 Å². The molecule has 24 heavy (non-hydrogen) atoms. The van der Waals surface area contributed by atoms with Crippen molar-refractivity contribution in [1.29, 1.82) is 0 Å². The molecular weight excluding hydrogens is 304 g/mol. The number of amides is 1. The van der Waals surface area contributed by atoms with E-state index in [2.05, 4.69) is 10.5 Å². The van der Waals surface area contributed by atoms with Gasteiger partial charge in [0.2, 0.25) is 5.91 Å². The minimum absolute atomic E-state index is 0.145. The number of carboxylic acid groups (broad SMARTS) is 1. The molecule has 0 unspecified atom stereocenters. The van der Waals surface area contributed by atoms with E-state index < -0.39 is 5.97 Å². The number of nitrogens with one attached hydrogen (secondary N) is 1. The highest BCUT2D eigenvalue weighted by molar-refractivity contribution is 6.02. The van der Waals surface area contributed by atoms with Gasteiger partial charge in [-0.25, -0.2) is 5.43 Å². The lowest BCUT2D eigenvalue weighted by Gasteiger charge is -2.08. The first-order valence-corrected chi connectivity index (χ1v) is 7.80. The second-order valence-electron chi connectivity index (χ2n) is 5.32. The zero-order chi connectivity index (χ0) is 17.2. The van der Waals surface area contributed by atoms with Crippen LogP contribution in [0.25, 0.3) is 0 Å². The predicted octanol–water partition coefficient (Wildman–Crippen LogP) is 1.67. The van der Waals surface area contributed by atoms with Crippen LogP contribution >= 0.6 is 0 Å². The molecule has 0 heterocycles. The largest absolute Gasteiger partial charge is 0.550 e. The average Bonchev–Trinajstić information content (AvgIpc) is 2.61. The van der Waals surface area contributed by atoms with E-state index in [1.165, 1.54) is 0 Å². The van der Waals surface area contributed by atoms with E-state index in [-0.39, 0.29) is 18.7 Å². The molecule has 1 amide bonds. The van der Waals surface area contributed by atoms with Crippen molar-refractivity contribution in [3.8, 4) is 0 Å². The van der Waals surface area contributed by atoms with Crippen LogP contribution < -0.4 is 10.5 Å². The fourth-order valence-electron chi connectivity index (χ4n) is 2.20. The second-order valence-corrected chi connectivity index (χ2v) is 5.32. The third-order valence-electron chi connectivity index (χ3n) is 3.47. The van der Waals surface area contributed by atoms with Crippen molar-refractivity contribution >= 4 is 17.6 Å².